The summed E-state index contributed by atoms with van der Waals surface area (Å²) in [6.45, 7) is 4.17. The molecule has 0 saturated carbocycles. The van der Waals surface area contributed by atoms with Gasteiger partial charge in [0.05, 0.1) is 19.0 Å². The summed E-state index contributed by atoms with van der Waals surface area (Å²) in [4.78, 5) is 23.3. The van der Waals surface area contributed by atoms with E-state index < -0.39 is 6.04 Å². The van der Waals surface area contributed by atoms with Crippen LogP contribution in [-0.2, 0) is 16.1 Å². The largest absolute Gasteiger partial charge is 0.467 e. The first-order valence-electron chi connectivity index (χ1n) is 5.65. The molecule has 0 aliphatic carbocycles. The van der Waals surface area contributed by atoms with Crippen LogP contribution < -0.4 is 10.9 Å². The Hall–Kier alpha value is -1.37. The number of hydrogen-bond donors (Lipinski definition) is 1. The lowest BCUT2D eigenvalue weighted by molar-refractivity contribution is -0.141. The summed E-state index contributed by atoms with van der Waals surface area (Å²) in [7, 11) is 1.33. The fourth-order valence-electron chi connectivity index (χ4n) is 1.45. The van der Waals surface area contributed by atoms with Gasteiger partial charge in [-0.15, -0.1) is 0 Å². The van der Waals surface area contributed by atoms with Crippen molar-refractivity contribution in [1.82, 2.24) is 9.78 Å². The Balaban J connectivity index is 3.01. The molecule has 0 aliphatic heterocycles. The molecule has 1 atom stereocenters. The summed E-state index contributed by atoms with van der Waals surface area (Å²) in [5.74, 6) is -0.371. The van der Waals surface area contributed by atoms with Crippen LogP contribution in [0.15, 0.2) is 15.5 Å². The van der Waals surface area contributed by atoms with Crippen molar-refractivity contribution in [2.75, 3.05) is 12.4 Å². The monoisotopic (exact) mass is 317 g/mol. The van der Waals surface area contributed by atoms with Crippen LogP contribution in [0.5, 0.6) is 0 Å². The van der Waals surface area contributed by atoms with E-state index in [0.717, 1.165) is 0 Å². The zero-order valence-electron chi connectivity index (χ0n) is 10.6. The molecule has 1 rings (SSSR count). The molecule has 0 aromatic carbocycles. The molecule has 1 aromatic heterocycles. The SMILES string of the molecule is CCC(Nc1cnn(CC)c(=O)c1Br)C(=O)OC. The molecule has 1 unspecified atom stereocenters. The van der Waals surface area contributed by atoms with Crippen LogP contribution in [0.2, 0.25) is 0 Å². The summed E-state index contributed by atoms with van der Waals surface area (Å²) < 4.78 is 6.36. The van der Waals surface area contributed by atoms with Crippen LogP contribution >= 0.6 is 15.9 Å². The lowest BCUT2D eigenvalue weighted by Gasteiger charge is -2.16. The third-order valence-electron chi connectivity index (χ3n) is 2.51. The number of methoxy groups -OCH3 is 1. The standard InChI is InChI=1S/C11H16BrN3O3/c1-4-7(11(17)18-3)14-8-6-13-15(5-2)10(16)9(8)12/h6-7,14H,4-5H2,1-3H3. The predicted molar refractivity (Wildman–Crippen MR) is 71.6 cm³/mol. The number of aryl methyl sites for hydroxylation is 1. The van der Waals surface area contributed by atoms with E-state index in [0.29, 0.717) is 23.1 Å². The number of ether oxygens (including phenoxy) is 1. The Morgan fingerprint density at radius 1 is 1.61 bits per heavy atom. The topological polar surface area (TPSA) is 73.2 Å². The van der Waals surface area contributed by atoms with Crippen LogP contribution in [0.4, 0.5) is 5.69 Å². The number of hydrogen-bond acceptors (Lipinski definition) is 5. The smallest absolute Gasteiger partial charge is 0.328 e. The molecule has 1 heterocycles. The fraction of sp³-hybridized carbons (Fsp3) is 0.545. The predicted octanol–water partition coefficient (Wildman–Crippen LogP) is 1.39. The normalized spacial score (nSPS) is 12.0. The number of rotatable bonds is 5. The van der Waals surface area contributed by atoms with E-state index in [9.17, 15) is 9.59 Å². The second-order valence-electron chi connectivity index (χ2n) is 3.62. The van der Waals surface area contributed by atoms with Crippen molar-refractivity contribution in [3.8, 4) is 0 Å². The molecule has 0 aliphatic rings. The molecule has 1 N–H and O–H groups in total. The number of halogens is 1. The van der Waals surface area contributed by atoms with Crippen LogP contribution in [0.3, 0.4) is 0 Å². The first kappa shape index (κ1) is 14.7. The summed E-state index contributed by atoms with van der Waals surface area (Å²) in [5.41, 5.74) is 0.254. The van der Waals surface area contributed by atoms with E-state index in [-0.39, 0.29) is 11.5 Å². The maximum absolute atomic E-state index is 11.8. The first-order valence-corrected chi connectivity index (χ1v) is 6.44. The van der Waals surface area contributed by atoms with E-state index in [1.807, 2.05) is 13.8 Å². The van der Waals surface area contributed by atoms with Crippen molar-refractivity contribution in [3.63, 3.8) is 0 Å². The Bertz CT molecular complexity index is 487. The number of carbonyl (C=O) groups is 1. The maximum Gasteiger partial charge on any atom is 0.328 e. The zero-order valence-corrected chi connectivity index (χ0v) is 12.2. The van der Waals surface area contributed by atoms with Crippen molar-refractivity contribution in [1.29, 1.82) is 0 Å². The van der Waals surface area contributed by atoms with Gasteiger partial charge in [-0.3, -0.25) is 4.79 Å². The minimum atomic E-state index is -0.495. The van der Waals surface area contributed by atoms with Gasteiger partial charge in [-0.1, -0.05) is 6.92 Å². The molecule has 0 saturated heterocycles. The van der Waals surface area contributed by atoms with Gasteiger partial charge in [0.15, 0.2) is 0 Å². The van der Waals surface area contributed by atoms with Crippen LogP contribution in [0, 0.1) is 0 Å². The number of esters is 1. The third-order valence-corrected chi connectivity index (χ3v) is 3.27. The summed E-state index contributed by atoms with van der Waals surface area (Å²) in [5, 5.41) is 6.93. The zero-order chi connectivity index (χ0) is 13.7. The molecule has 100 valence electrons. The first-order chi connectivity index (χ1) is 8.54. The lowest BCUT2D eigenvalue weighted by Crippen LogP contribution is -2.32. The number of nitrogens with one attached hydrogen (secondary N) is 1. The summed E-state index contributed by atoms with van der Waals surface area (Å²) >= 11 is 3.21. The average molecular weight is 318 g/mol. The van der Waals surface area contributed by atoms with Crippen molar-refractivity contribution in [2.45, 2.75) is 32.9 Å². The number of nitrogens with zero attached hydrogens (tertiary/aromatic N) is 2. The Kier molecular flexibility index (Phi) is 5.33. The molecule has 0 amide bonds. The van der Waals surface area contributed by atoms with Crippen LogP contribution in [0.1, 0.15) is 20.3 Å². The third kappa shape index (κ3) is 3.10. The Morgan fingerprint density at radius 2 is 2.28 bits per heavy atom. The van der Waals surface area contributed by atoms with Crippen LogP contribution in [-0.4, -0.2) is 28.9 Å². The minimum absolute atomic E-state index is 0.234. The molecule has 7 heteroatoms. The lowest BCUT2D eigenvalue weighted by atomic mass is 10.2. The van der Waals surface area contributed by atoms with Gasteiger partial charge < -0.3 is 10.1 Å². The molecule has 0 spiro atoms. The van der Waals surface area contributed by atoms with Crippen molar-refractivity contribution >= 4 is 27.6 Å². The van der Waals surface area contributed by atoms with E-state index in [4.69, 9.17) is 0 Å². The van der Waals surface area contributed by atoms with Gasteiger partial charge in [-0.2, -0.15) is 5.10 Å². The molecular weight excluding hydrogens is 302 g/mol. The van der Waals surface area contributed by atoms with Crippen molar-refractivity contribution in [2.24, 2.45) is 0 Å². The van der Waals surface area contributed by atoms with Gasteiger partial charge in [0.2, 0.25) is 0 Å². The Labute approximate surface area is 113 Å². The Morgan fingerprint density at radius 3 is 2.78 bits per heavy atom. The summed E-state index contributed by atoms with van der Waals surface area (Å²) in [6.07, 6.45) is 2.07. The number of carbonyl (C=O) groups excluding carboxylic acids is 1. The minimum Gasteiger partial charge on any atom is -0.467 e. The van der Waals surface area contributed by atoms with E-state index in [1.165, 1.54) is 18.0 Å². The van der Waals surface area contributed by atoms with Gasteiger partial charge >= 0.3 is 5.97 Å². The van der Waals surface area contributed by atoms with Gasteiger partial charge in [0.25, 0.3) is 5.56 Å². The molecule has 0 bridgehead atoms. The van der Waals surface area contributed by atoms with E-state index >= 15 is 0 Å². The molecular formula is C11H16BrN3O3. The highest BCUT2D eigenvalue weighted by Gasteiger charge is 2.19. The van der Waals surface area contributed by atoms with Gasteiger partial charge in [-0.25, -0.2) is 9.48 Å². The highest BCUT2D eigenvalue weighted by Crippen LogP contribution is 2.18. The highest BCUT2D eigenvalue weighted by molar-refractivity contribution is 9.10. The second kappa shape index (κ2) is 6.53. The molecule has 6 nitrogen and oxygen atoms in total. The number of aromatic nitrogens is 2. The quantitative estimate of drug-likeness (QED) is 0.831. The van der Waals surface area contributed by atoms with Crippen molar-refractivity contribution in [3.05, 3.63) is 21.0 Å². The summed E-state index contributed by atoms with van der Waals surface area (Å²) in [6, 6.07) is -0.495. The molecule has 0 radical (unpaired) electrons. The molecule has 0 fully saturated rings. The maximum atomic E-state index is 11.8. The van der Waals surface area contributed by atoms with Gasteiger partial charge in [0.1, 0.15) is 10.5 Å². The highest BCUT2D eigenvalue weighted by atomic mass is 79.9. The van der Waals surface area contributed by atoms with Crippen molar-refractivity contribution < 1.29 is 9.53 Å². The molecule has 18 heavy (non-hydrogen) atoms. The van der Waals surface area contributed by atoms with Gasteiger partial charge in [-0.05, 0) is 29.3 Å². The van der Waals surface area contributed by atoms with Gasteiger partial charge in [0, 0.05) is 6.54 Å². The average Bonchev–Trinajstić information content (AvgIpc) is 2.39. The second-order valence-corrected chi connectivity index (χ2v) is 4.41. The van der Waals surface area contributed by atoms with E-state index in [1.54, 1.807) is 0 Å². The fourth-order valence-corrected chi connectivity index (χ4v) is 1.87. The van der Waals surface area contributed by atoms with E-state index in [2.05, 4.69) is 31.1 Å². The van der Waals surface area contributed by atoms with Crippen LogP contribution in [0.25, 0.3) is 0 Å². The number of anilines is 1. The molecule has 1 aromatic rings.